The van der Waals surface area contributed by atoms with Crippen LogP contribution in [0.25, 0.3) is 54.8 Å². The predicted molar refractivity (Wildman–Crippen MR) is 166 cm³/mol. The number of pyridine rings is 1. The van der Waals surface area contributed by atoms with Crippen LogP contribution in [0.2, 0.25) is 0 Å². The summed E-state index contributed by atoms with van der Waals surface area (Å²) in [7, 11) is 1.65. The molecule has 1 saturated heterocycles. The van der Waals surface area contributed by atoms with Gasteiger partial charge in [0, 0.05) is 29.6 Å². The summed E-state index contributed by atoms with van der Waals surface area (Å²) in [6.07, 6.45) is 1.01. The Labute approximate surface area is 246 Å². The second-order valence-corrected chi connectivity index (χ2v) is 11.4. The van der Waals surface area contributed by atoms with Crippen LogP contribution >= 0.6 is 11.3 Å². The molecule has 6 aromatic rings. The quantitative estimate of drug-likeness (QED) is 0.219. The van der Waals surface area contributed by atoms with Gasteiger partial charge in [0.1, 0.15) is 17.2 Å². The molecule has 0 aliphatic carbocycles. The number of aromatic carboxylic acids is 1. The topological polar surface area (TPSA) is 84.7 Å². The minimum atomic E-state index is -0.971. The molecule has 8 heteroatoms. The van der Waals surface area contributed by atoms with Crippen molar-refractivity contribution >= 4 is 44.3 Å². The summed E-state index contributed by atoms with van der Waals surface area (Å²) >= 11 is 1.25. The average Bonchev–Trinajstić information content (AvgIpc) is 3.54. The van der Waals surface area contributed by atoms with Crippen molar-refractivity contribution in [2.45, 2.75) is 13.0 Å². The van der Waals surface area contributed by atoms with Crippen molar-refractivity contribution in [2.75, 3.05) is 20.2 Å². The first-order valence-corrected chi connectivity index (χ1v) is 14.6. The number of rotatable bonds is 7. The number of hydrogen-bond acceptors (Lipinski definition) is 5. The monoisotopic (exact) mass is 573 g/mol. The molecule has 208 valence electrons. The Bertz CT molecular complexity index is 1970. The number of methoxy groups -OCH3 is 1. The van der Waals surface area contributed by atoms with Crippen molar-refractivity contribution in [3.8, 4) is 39.4 Å². The number of fused-ring (bicyclic) bond motifs is 2. The number of carboxylic acid groups (broad SMARTS) is 1. The molecular formula is C34H27N3O4S. The Morgan fingerprint density at radius 1 is 0.905 bits per heavy atom. The first-order chi connectivity index (χ1) is 20.5. The molecule has 4 heterocycles. The Balaban J connectivity index is 1.40. The third-order valence-electron chi connectivity index (χ3n) is 7.86. The Morgan fingerprint density at radius 2 is 1.67 bits per heavy atom. The van der Waals surface area contributed by atoms with Crippen LogP contribution in [0.5, 0.6) is 5.75 Å². The van der Waals surface area contributed by atoms with E-state index in [0.717, 1.165) is 80.0 Å². The number of ether oxygens (including phenoxy) is 1. The van der Waals surface area contributed by atoms with Gasteiger partial charge in [0.2, 0.25) is 5.91 Å². The summed E-state index contributed by atoms with van der Waals surface area (Å²) in [6.45, 7) is 1.65. The highest BCUT2D eigenvalue weighted by Gasteiger charge is 2.28. The second kappa shape index (κ2) is 10.5. The maximum atomic E-state index is 13.3. The van der Waals surface area contributed by atoms with Gasteiger partial charge in [0.05, 0.1) is 34.2 Å². The number of carbonyl (C=O) groups is 2. The molecule has 0 bridgehead atoms. The largest absolute Gasteiger partial charge is 0.497 e. The van der Waals surface area contributed by atoms with E-state index in [1.165, 1.54) is 11.3 Å². The molecule has 3 aromatic carbocycles. The normalized spacial score (nSPS) is 12.9. The minimum absolute atomic E-state index is 0.0358. The Morgan fingerprint density at radius 3 is 2.36 bits per heavy atom. The van der Waals surface area contributed by atoms with Crippen molar-refractivity contribution in [2.24, 2.45) is 0 Å². The highest BCUT2D eigenvalue weighted by atomic mass is 32.1. The molecule has 1 amide bonds. The summed E-state index contributed by atoms with van der Waals surface area (Å²) in [5.74, 6) is -0.139. The van der Waals surface area contributed by atoms with Crippen LogP contribution in [-0.4, -0.2) is 51.6 Å². The van der Waals surface area contributed by atoms with Crippen LogP contribution in [0.3, 0.4) is 0 Å². The summed E-state index contributed by atoms with van der Waals surface area (Å²) in [4.78, 5) is 32.3. The van der Waals surface area contributed by atoms with Gasteiger partial charge >= 0.3 is 5.97 Å². The van der Waals surface area contributed by atoms with Crippen molar-refractivity contribution in [3.63, 3.8) is 0 Å². The molecule has 0 saturated carbocycles. The highest BCUT2D eigenvalue weighted by Crippen LogP contribution is 2.45. The molecule has 3 aromatic heterocycles. The Kier molecular flexibility index (Phi) is 6.47. The molecule has 7 rings (SSSR count). The molecule has 0 radical (unpaired) electrons. The van der Waals surface area contributed by atoms with Crippen molar-refractivity contribution < 1.29 is 19.4 Å². The predicted octanol–water partition coefficient (Wildman–Crippen LogP) is 7.19. The lowest BCUT2D eigenvalue weighted by Gasteiger charge is -2.31. The lowest BCUT2D eigenvalue weighted by Crippen LogP contribution is -2.43. The van der Waals surface area contributed by atoms with E-state index in [0.29, 0.717) is 0 Å². The van der Waals surface area contributed by atoms with Crippen LogP contribution in [0, 0.1) is 0 Å². The van der Waals surface area contributed by atoms with E-state index in [-0.39, 0.29) is 17.3 Å². The fourth-order valence-electron chi connectivity index (χ4n) is 5.56. The van der Waals surface area contributed by atoms with Gasteiger partial charge in [-0.05, 0) is 66.1 Å². The van der Waals surface area contributed by atoms with Crippen LogP contribution in [-0.2, 0) is 11.3 Å². The molecule has 0 spiro atoms. The number of nitrogens with zero attached hydrogens (tertiary/aromatic N) is 3. The van der Waals surface area contributed by atoms with Gasteiger partial charge in [-0.15, -0.1) is 11.3 Å². The van der Waals surface area contributed by atoms with E-state index < -0.39 is 5.97 Å². The van der Waals surface area contributed by atoms with Crippen LogP contribution in [0.1, 0.15) is 16.1 Å². The molecule has 1 aliphatic rings. The molecular weight excluding hydrogens is 546 g/mol. The number of carboxylic acids is 1. The van der Waals surface area contributed by atoms with E-state index >= 15 is 0 Å². The smallest absolute Gasteiger partial charge is 0.345 e. The van der Waals surface area contributed by atoms with Crippen LogP contribution in [0.15, 0.2) is 91.0 Å². The molecule has 1 aliphatic heterocycles. The number of carbonyl (C=O) groups excluding carboxylic acids is 1. The zero-order valence-electron chi connectivity index (χ0n) is 22.9. The molecule has 7 nitrogen and oxygen atoms in total. The van der Waals surface area contributed by atoms with E-state index in [4.69, 9.17) is 9.72 Å². The maximum absolute atomic E-state index is 13.3. The fraction of sp³-hybridized carbons (Fsp3) is 0.147. The van der Waals surface area contributed by atoms with Gasteiger partial charge < -0.3 is 19.3 Å². The van der Waals surface area contributed by atoms with Crippen LogP contribution < -0.4 is 4.74 Å². The van der Waals surface area contributed by atoms with E-state index in [2.05, 4.69) is 12.1 Å². The van der Waals surface area contributed by atoms with Crippen molar-refractivity contribution in [3.05, 3.63) is 95.9 Å². The molecule has 1 fully saturated rings. The first kappa shape index (κ1) is 26.0. The maximum Gasteiger partial charge on any atom is 0.345 e. The second-order valence-electron chi connectivity index (χ2n) is 10.4. The zero-order valence-corrected chi connectivity index (χ0v) is 23.7. The number of thiophene rings is 1. The van der Waals surface area contributed by atoms with Crippen molar-refractivity contribution in [1.82, 2.24) is 14.5 Å². The molecule has 1 N–H and O–H groups in total. The van der Waals surface area contributed by atoms with Gasteiger partial charge in [-0.3, -0.25) is 4.79 Å². The number of likely N-dealkylation sites (tertiary alicyclic amines) is 1. The lowest BCUT2D eigenvalue weighted by atomic mass is 9.99. The Hall–Kier alpha value is -4.95. The number of hydrogen-bond donors (Lipinski definition) is 1. The fourth-order valence-corrected chi connectivity index (χ4v) is 6.63. The minimum Gasteiger partial charge on any atom is -0.497 e. The van der Waals surface area contributed by atoms with Crippen molar-refractivity contribution in [1.29, 1.82) is 0 Å². The number of amides is 1. The van der Waals surface area contributed by atoms with E-state index in [1.54, 1.807) is 13.2 Å². The first-order valence-electron chi connectivity index (χ1n) is 13.8. The highest BCUT2D eigenvalue weighted by molar-refractivity contribution is 7.21. The third-order valence-corrected chi connectivity index (χ3v) is 8.99. The standard InChI is InChI=1S/C34H27N3O4S/c1-41-25-12-8-21(9-13-25)26-14-10-23-18-24(11-15-27(23)35-26)32-31(22-6-3-2-4-7-22)33-28(19-29(42-33)34(39)40)37(32)20-30(38)36-16-5-17-36/h2-4,6-15,18-19H,5,16-17,20H2,1H3,(H,39,40). The van der Waals surface area contributed by atoms with Gasteiger partial charge in [0.25, 0.3) is 0 Å². The van der Waals surface area contributed by atoms with E-state index in [1.807, 2.05) is 82.3 Å². The van der Waals surface area contributed by atoms with Gasteiger partial charge in [-0.25, -0.2) is 9.78 Å². The number of benzene rings is 3. The van der Waals surface area contributed by atoms with Gasteiger partial charge in [-0.2, -0.15) is 0 Å². The molecule has 0 unspecified atom stereocenters. The summed E-state index contributed by atoms with van der Waals surface area (Å²) in [6, 6.07) is 29.7. The number of aromatic nitrogens is 2. The summed E-state index contributed by atoms with van der Waals surface area (Å²) < 4.78 is 8.15. The molecule has 42 heavy (non-hydrogen) atoms. The van der Waals surface area contributed by atoms with Crippen LogP contribution in [0.4, 0.5) is 0 Å². The third kappa shape index (κ3) is 4.50. The SMILES string of the molecule is COc1ccc(-c2ccc3cc(-c4c(-c5ccccc5)c5sc(C(=O)O)cc5n4CC(=O)N4CCC4)ccc3n2)cc1. The summed E-state index contributed by atoms with van der Waals surface area (Å²) in [5, 5.41) is 10.8. The lowest BCUT2D eigenvalue weighted by molar-refractivity contribution is -0.135. The molecule has 0 atom stereocenters. The van der Waals surface area contributed by atoms with E-state index in [9.17, 15) is 14.7 Å². The van der Waals surface area contributed by atoms with Gasteiger partial charge in [-0.1, -0.05) is 42.5 Å². The summed E-state index contributed by atoms with van der Waals surface area (Å²) in [5.41, 5.74) is 7.23. The zero-order chi connectivity index (χ0) is 28.8. The van der Waals surface area contributed by atoms with Gasteiger partial charge in [0.15, 0.2) is 0 Å². The average molecular weight is 574 g/mol.